The number of aliphatic hydroxyl groups is 1. The monoisotopic (exact) mass is 363 g/mol. The van der Waals surface area contributed by atoms with Gasteiger partial charge >= 0.3 is 0 Å². The fourth-order valence-corrected chi connectivity index (χ4v) is 3.02. The van der Waals surface area contributed by atoms with Gasteiger partial charge in [0.1, 0.15) is 5.82 Å². The maximum absolute atomic E-state index is 9.32. The predicted octanol–water partition coefficient (Wildman–Crippen LogP) is 1.62. The van der Waals surface area contributed by atoms with Gasteiger partial charge in [-0.2, -0.15) is 0 Å². The molecule has 2 heterocycles. The van der Waals surface area contributed by atoms with E-state index in [1.165, 1.54) is 0 Å². The summed E-state index contributed by atoms with van der Waals surface area (Å²) in [6, 6.07) is 5.87. The largest absolute Gasteiger partial charge is 0.396 e. The number of guanidine groups is 1. The van der Waals surface area contributed by atoms with Crippen LogP contribution in [0.2, 0.25) is 0 Å². The summed E-state index contributed by atoms with van der Waals surface area (Å²) in [6.07, 6.45) is 5.62. The number of ether oxygens (including phenoxy) is 1. The van der Waals surface area contributed by atoms with Gasteiger partial charge in [-0.3, -0.25) is 4.99 Å². The molecule has 0 saturated carbocycles. The Balaban J connectivity index is 1.68. The van der Waals surface area contributed by atoms with Crippen molar-refractivity contribution in [2.45, 2.75) is 32.6 Å². The van der Waals surface area contributed by atoms with Gasteiger partial charge in [-0.1, -0.05) is 6.07 Å². The number of unbranched alkanes of at least 4 members (excludes halogenated alkanes) is 1. The first-order chi connectivity index (χ1) is 12.8. The van der Waals surface area contributed by atoms with Crippen LogP contribution in [-0.4, -0.2) is 62.0 Å². The second kappa shape index (κ2) is 11.7. The van der Waals surface area contributed by atoms with Crippen LogP contribution in [0.4, 0.5) is 5.82 Å². The second-order valence-corrected chi connectivity index (χ2v) is 6.75. The highest BCUT2D eigenvalue weighted by molar-refractivity contribution is 5.79. The van der Waals surface area contributed by atoms with Crippen LogP contribution in [0.25, 0.3) is 0 Å². The Labute approximate surface area is 156 Å². The molecule has 0 aliphatic carbocycles. The van der Waals surface area contributed by atoms with Crippen molar-refractivity contribution in [3.63, 3.8) is 0 Å². The number of hydrogen-bond acceptors (Lipinski definition) is 5. The lowest BCUT2D eigenvalue weighted by atomic mass is 9.84. The zero-order valence-corrected chi connectivity index (χ0v) is 15.8. The minimum Gasteiger partial charge on any atom is -0.396 e. The van der Waals surface area contributed by atoms with Crippen LogP contribution in [0, 0.1) is 5.41 Å². The van der Waals surface area contributed by atoms with E-state index in [0.29, 0.717) is 13.2 Å². The molecule has 0 radical (unpaired) electrons. The minimum atomic E-state index is -0.0102. The molecule has 1 fully saturated rings. The summed E-state index contributed by atoms with van der Waals surface area (Å²) in [5.41, 5.74) is -0.0102. The van der Waals surface area contributed by atoms with E-state index < -0.39 is 0 Å². The molecule has 0 spiro atoms. The van der Waals surface area contributed by atoms with Gasteiger partial charge in [0, 0.05) is 44.5 Å². The van der Waals surface area contributed by atoms with Crippen molar-refractivity contribution in [3.05, 3.63) is 24.4 Å². The molecule has 146 valence electrons. The van der Waals surface area contributed by atoms with Gasteiger partial charge in [0.15, 0.2) is 5.96 Å². The summed E-state index contributed by atoms with van der Waals surface area (Å²) < 4.78 is 5.53. The first-order valence-corrected chi connectivity index (χ1v) is 9.64. The van der Waals surface area contributed by atoms with E-state index in [9.17, 15) is 5.11 Å². The van der Waals surface area contributed by atoms with Crippen LogP contribution >= 0.6 is 0 Å². The van der Waals surface area contributed by atoms with Crippen molar-refractivity contribution in [2.75, 3.05) is 51.3 Å². The van der Waals surface area contributed by atoms with E-state index in [1.807, 2.05) is 18.2 Å². The summed E-state index contributed by atoms with van der Waals surface area (Å²) >= 11 is 0. The lowest BCUT2D eigenvalue weighted by Gasteiger charge is -2.24. The Morgan fingerprint density at radius 3 is 2.88 bits per heavy atom. The summed E-state index contributed by atoms with van der Waals surface area (Å²) in [5, 5.41) is 19.3. The van der Waals surface area contributed by atoms with Gasteiger partial charge < -0.3 is 25.8 Å². The third kappa shape index (κ3) is 7.17. The smallest absolute Gasteiger partial charge is 0.191 e. The summed E-state index contributed by atoms with van der Waals surface area (Å²) in [6.45, 7) is 7.00. The van der Waals surface area contributed by atoms with E-state index in [-0.39, 0.29) is 12.0 Å². The lowest BCUT2D eigenvalue weighted by molar-refractivity contribution is 0.131. The molecule has 1 aromatic heterocycles. The molecule has 1 atom stereocenters. The Morgan fingerprint density at radius 1 is 1.31 bits per heavy atom. The normalized spacial score (nSPS) is 20.2. The molecule has 1 unspecified atom stereocenters. The molecule has 1 aliphatic rings. The molecule has 0 amide bonds. The van der Waals surface area contributed by atoms with Gasteiger partial charge in [-0.05, 0) is 44.7 Å². The number of nitrogens with one attached hydrogen (secondary N) is 3. The van der Waals surface area contributed by atoms with E-state index >= 15 is 0 Å². The number of aromatic nitrogens is 1. The number of pyridine rings is 1. The van der Waals surface area contributed by atoms with Crippen LogP contribution < -0.4 is 16.0 Å². The van der Waals surface area contributed by atoms with Gasteiger partial charge in [0.25, 0.3) is 0 Å². The van der Waals surface area contributed by atoms with Gasteiger partial charge in [0.05, 0.1) is 13.2 Å². The topological polar surface area (TPSA) is 90.8 Å². The highest BCUT2D eigenvalue weighted by atomic mass is 16.5. The van der Waals surface area contributed by atoms with Crippen molar-refractivity contribution in [2.24, 2.45) is 10.4 Å². The molecule has 7 heteroatoms. The molecule has 2 rings (SSSR count). The highest BCUT2D eigenvalue weighted by Gasteiger charge is 2.34. The maximum Gasteiger partial charge on any atom is 0.191 e. The number of nitrogens with zero attached hydrogens (tertiary/aromatic N) is 2. The SMILES string of the molecule is CCNC(=NCC1(CCO)CCOC1)NCCCCNc1ccccn1. The predicted molar refractivity (Wildman–Crippen MR) is 106 cm³/mol. The zero-order valence-electron chi connectivity index (χ0n) is 15.8. The van der Waals surface area contributed by atoms with Crippen molar-refractivity contribution in [1.82, 2.24) is 15.6 Å². The average Bonchev–Trinajstić information content (AvgIpc) is 3.12. The average molecular weight is 364 g/mol. The second-order valence-electron chi connectivity index (χ2n) is 6.75. The summed E-state index contributed by atoms with van der Waals surface area (Å²) in [5.74, 6) is 1.76. The number of hydrogen-bond donors (Lipinski definition) is 4. The zero-order chi connectivity index (χ0) is 18.5. The van der Waals surface area contributed by atoms with Crippen LogP contribution in [-0.2, 0) is 4.74 Å². The molecule has 4 N–H and O–H groups in total. The van der Waals surface area contributed by atoms with E-state index in [0.717, 1.165) is 63.7 Å². The quantitative estimate of drug-likeness (QED) is 0.271. The minimum absolute atomic E-state index is 0.0102. The van der Waals surface area contributed by atoms with Crippen molar-refractivity contribution in [3.8, 4) is 0 Å². The number of anilines is 1. The number of aliphatic imine (C=N–C) groups is 1. The maximum atomic E-state index is 9.32. The fourth-order valence-electron chi connectivity index (χ4n) is 3.02. The highest BCUT2D eigenvalue weighted by Crippen LogP contribution is 2.32. The standard InChI is InChI=1S/C19H33N5O2/c1-2-20-18(24-15-19(8-13-25)9-14-26-16-19)23-12-6-5-11-22-17-7-3-4-10-21-17/h3-4,7,10,25H,2,5-6,8-9,11-16H2,1H3,(H,21,22)(H2,20,23,24). The molecule has 1 aliphatic heterocycles. The van der Waals surface area contributed by atoms with Crippen LogP contribution in [0.5, 0.6) is 0 Å². The van der Waals surface area contributed by atoms with Crippen LogP contribution in [0.15, 0.2) is 29.4 Å². The van der Waals surface area contributed by atoms with E-state index in [1.54, 1.807) is 6.20 Å². The van der Waals surface area contributed by atoms with Gasteiger partial charge in [-0.15, -0.1) is 0 Å². The molecule has 7 nitrogen and oxygen atoms in total. The molecule has 1 saturated heterocycles. The Kier molecular flexibility index (Phi) is 9.20. The molecular formula is C19H33N5O2. The Morgan fingerprint density at radius 2 is 2.19 bits per heavy atom. The molecule has 0 bridgehead atoms. The van der Waals surface area contributed by atoms with Crippen molar-refractivity contribution < 1.29 is 9.84 Å². The molecular weight excluding hydrogens is 330 g/mol. The molecule has 1 aromatic rings. The summed E-state index contributed by atoms with van der Waals surface area (Å²) in [4.78, 5) is 8.98. The molecule has 0 aromatic carbocycles. The van der Waals surface area contributed by atoms with E-state index in [2.05, 4.69) is 27.9 Å². The van der Waals surface area contributed by atoms with E-state index in [4.69, 9.17) is 9.73 Å². The lowest BCUT2D eigenvalue weighted by Crippen LogP contribution is -2.39. The van der Waals surface area contributed by atoms with Crippen molar-refractivity contribution in [1.29, 1.82) is 0 Å². The van der Waals surface area contributed by atoms with Crippen molar-refractivity contribution >= 4 is 11.8 Å². The fraction of sp³-hybridized carbons (Fsp3) is 0.684. The number of rotatable bonds is 11. The first-order valence-electron chi connectivity index (χ1n) is 9.64. The third-order valence-electron chi connectivity index (χ3n) is 4.61. The van der Waals surface area contributed by atoms with Gasteiger partial charge in [0.2, 0.25) is 0 Å². The first kappa shape index (κ1) is 20.5. The third-order valence-corrected chi connectivity index (χ3v) is 4.61. The van der Waals surface area contributed by atoms with Crippen LogP contribution in [0.1, 0.15) is 32.6 Å². The Hall–Kier alpha value is -1.86. The Bertz CT molecular complexity index is 518. The van der Waals surface area contributed by atoms with Crippen LogP contribution in [0.3, 0.4) is 0 Å². The molecule has 26 heavy (non-hydrogen) atoms. The number of aliphatic hydroxyl groups excluding tert-OH is 1. The van der Waals surface area contributed by atoms with Gasteiger partial charge in [-0.25, -0.2) is 4.98 Å². The summed E-state index contributed by atoms with van der Waals surface area (Å²) in [7, 11) is 0.